The fraction of sp³-hybridized carbons (Fsp3) is 0.250. The smallest absolute Gasteiger partial charge is 0.333 e. The summed E-state index contributed by atoms with van der Waals surface area (Å²) in [5.74, 6) is -1.96. The van der Waals surface area contributed by atoms with Crippen LogP contribution in [0.25, 0.3) is 0 Å². The SMILES string of the molecule is COc1cc(F)c(COS(N)(=O)=O)c(F)c1. The number of benzene rings is 1. The average Bonchev–Trinajstić information content (AvgIpc) is 2.14. The zero-order valence-corrected chi connectivity index (χ0v) is 9.05. The Morgan fingerprint density at radius 3 is 2.19 bits per heavy atom. The lowest BCUT2D eigenvalue weighted by Crippen LogP contribution is -2.16. The van der Waals surface area contributed by atoms with Crippen LogP contribution in [-0.4, -0.2) is 15.5 Å². The van der Waals surface area contributed by atoms with E-state index in [1.165, 1.54) is 7.11 Å². The van der Waals surface area contributed by atoms with E-state index in [9.17, 15) is 17.2 Å². The number of halogens is 2. The lowest BCUT2D eigenvalue weighted by atomic mass is 10.2. The molecule has 0 aliphatic carbocycles. The number of hydrogen-bond acceptors (Lipinski definition) is 4. The van der Waals surface area contributed by atoms with Gasteiger partial charge in [0.1, 0.15) is 17.4 Å². The zero-order chi connectivity index (χ0) is 12.3. The summed E-state index contributed by atoms with van der Waals surface area (Å²) in [6.45, 7) is -0.805. The van der Waals surface area contributed by atoms with Crippen LogP contribution < -0.4 is 9.88 Å². The van der Waals surface area contributed by atoms with E-state index in [1.807, 2.05) is 0 Å². The second kappa shape index (κ2) is 4.73. The van der Waals surface area contributed by atoms with Gasteiger partial charge in [-0.3, -0.25) is 4.18 Å². The van der Waals surface area contributed by atoms with E-state index in [1.54, 1.807) is 0 Å². The first kappa shape index (κ1) is 12.8. The minimum absolute atomic E-state index is 0.0191. The van der Waals surface area contributed by atoms with Crippen LogP contribution in [0, 0.1) is 11.6 Å². The molecule has 0 saturated heterocycles. The van der Waals surface area contributed by atoms with Gasteiger partial charge in [0.2, 0.25) is 0 Å². The second-order valence-corrected chi connectivity index (χ2v) is 4.05. The van der Waals surface area contributed by atoms with E-state index in [2.05, 4.69) is 14.1 Å². The molecule has 0 aliphatic rings. The molecule has 0 unspecified atom stereocenters. The Labute approximate surface area is 91.0 Å². The molecule has 16 heavy (non-hydrogen) atoms. The maximum Gasteiger partial charge on any atom is 0.333 e. The Hall–Kier alpha value is -1.25. The molecule has 0 amide bonds. The molecule has 8 heteroatoms. The van der Waals surface area contributed by atoms with Gasteiger partial charge in [0.15, 0.2) is 0 Å². The summed E-state index contributed by atoms with van der Waals surface area (Å²) in [5.41, 5.74) is -0.533. The monoisotopic (exact) mass is 253 g/mol. The maximum absolute atomic E-state index is 13.2. The van der Waals surface area contributed by atoms with E-state index in [4.69, 9.17) is 0 Å². The second-order valence-electron chi connectivity index (χ2n) is 2.82. The molecule has 1 aromatic carbocycles. The highest BCUT2D eigenvalue weighted by atomic mass is 32.2. The molecule has 0 bridgehead atoms. The highest BCUT2D eigenvalue weighted by Crippen LogP contribution is 2.21. The van der Waals surface area contributed by atoms with Gasteiger partial charge in [0.05, 0.1) is 19.3 Å². The van der Waals surface area contributed by atoms with Crippen molar-refractivity contribution in [2.75, 3.05) is 7.11 Å². The van der Waals surface area contributed by atoms with Crippen molar-refractivity contribution in [3.63, 3.8) is 0 Å². The standard InChI is InChI=1S/C8H9F2NO4S/c1-14-5-2-7(9)6(8(10)3-5)4-15-16(11,12)13/h2-3H,4H2,1H3,(H2,11,12,13). The predicted octanol–water partition coefficient (Wildman–Crippen LogP) is 0.694. The first-order valence-electron chi connectivity index (χ1n) is 4.02. The Morgan fingerprint density at radius 1 is 1.31 bits per heavy atom. The first-order chi connectivity index (χ1) is 7.33. The number of nitrogens with two attached hydrogens (primary N) is 1. The topological polar surface area (TPSA) is 78.6 Å². The lowest BCUT2D eigenvalue weighted by Gasteiger charge is -2.06. The van der Waals surface area contributed by atoms with Crippen molar-refractivity contribution >= 4 is 10.3 Å². The van der Waals surface area contributed by atoms with Crippen LogP contribution in [-0.2, 0) is 21.1 Å². The van der Waals surface area contributed by atoms with E-state index < -0.39 is 34.1 Å². The molecule has 0 aliphatic heterocycles. The van der Waals surface area contributed by atoms with Crippen molar-refractivity contribution in [1.82, 2.24) is 0 Å². The summed E-state index contributed by atoms with van der Waals surface area (Å²) >= 11 is 0. The van der Waals surface area contributed by atoms with Gasteiger partial charge in [-0.15, -0.1) is 0 Å². The van der Waals surface area contributed by atoms with Crippen LogP contribution in [0.15, 0.2) is 12.1 Å². The lowest BCUT2D eigenvalue weighted by molar-refractivity contribution is 0.295. The van der Waals surface area contributed by atoms with Crippen molar-refractivity contribution in [2.45, 2.75) is 6.61 Å². The largest absolute Gasteiger partial charge is 0.497 e. The minimum atomic E-state index is -4.24. The molecule has 0 fully saturated rings. The van der Waals surface area contributed by atoms with Crippen LogP contribution in [0.2, 0.25) is 0 Å². The molecule has 1 aromatic rings. The number of hydrogen-bond donors (Lipinski definition) is 1. The van der Waals surface area contributed by atoms with E-state index >= 15 is 0 Å². The summed E-state index contributed by atoms with van der Waals surface area (Å²) in [6.07, 6.45) is 0. The predicted molar refractivity (Wildman–Crippen MR) is 50.8 cm³/mol. The maximum atomic E-state index is 13.2. The van der Waals surface area contributed by atoms with Gasteiger partial charge in [-0.1, -0.05) is 0 Å². The summed E-state index contributed by atoms with van der Waals surface area (Å²) in [4.78, 5) is 0. The molecule has 90 valence electrons. The molecular weight excluding hydrogens is 244 g/mol. The van der Waals surface area contributed by atoms with E-state index in [-0.39, 0.29) is 5.75 Å². The summed E-state index contributed by atoms with van der Waals surface area (Å²) in [5, 5.41) is 4.52. The van der Waals surface area contributed by atoms with E-state index in [0.717, 1.165) is 12.1 Å². The van der Waals surface area contributed by atoms with E-state index in [0.29, 0.717) is 0 Å². The Bertz CT molecular complexity index is 466. The van der Waals surface area contributed by atoms with Crippen LogP contribution in [0.1, 0.15) is 5.56 Å². The van der Waals surface area contributed by atoms with Crippen LogP contribution in [0.5, 0.6) is 5.75 Å². The third-order valence-corrected chi connectivity index (χ3v) is 2.16. The molecule has 0 spiro atoms. The van der Waals surface area contributed by atoms with Gasteiger partial charge in [0.25, 0.3) is 0 Å². The first-order valence-corrected chi connectivity index (χ1v) is 5.49. The highest BCUT2D eigenvalue weighted by molar-refractivity contribution is 7.84. The summed E-state index contributed by atoms with van der Waals surface area (Å²) in [6, 6.07) is 1.82. The fourth-order valence-electron chi connectivity index (χ4n) is 0.977. The van der Waals surface area contributed by atoms with Gasteiger partial charge < -0.3 is 4.74 Å². The van der Waals surface area contributed by atoms with Crippen LogP contribution in [0.4, 0.5) is 8.78 Å². The van der Waals surface area contributed by atoms with Crippen LogP contribution in [0.3, 0.4) is 0 Å². The molecule has 1 rings (SSSR count). The Kier molecular flexibility index (Phi) is 3.79. The van der Waals surface area contributed by atoms with Gasteiger partial charge >= 0.3 is 10.3 Å². The highest BCUT2D eigenvalue weighted by Gasteiger charge is 2.14. The fourth-order valence-corrected chi connectivity index (χ4v) is 1.26. The molecule has 2 N–H and O–H groups in total. The zero-order valence-electron chi connectivity index (χ0n) is 8.24. The average molecular weight is 253 g/mol. The number of ether oxygens (including phenoxy) is 1. The van der Waals surface area contributed by atoms with Crippen molar-refractivity contribution in [3.8, 4) is 5.75 Å². The summed E-state index contributed by atoms with van der Waals surface area (Å²) < 4.78 is 56.0. The van der Waals surface area contributed by atoms with Gasteiger partial charge in [-0.25, -0.2) is 13.9 Å². The van der Waals surface area contributed by atoms with Crippen LogP contribution >= 0.6 is 0 Å². The molecule has 0 aromatic heterocycles. The summed E-state index contributed by atoms with van der Waals surface area (Å²) in [7, 11) is -2.99. The quantitative estimate of drug-likeness (QED) is 0.856. The van der Waals surface area contributed by atoms with Crippen molar-refractivity contribution in [3.05, 3.63) is 29.3 Å². The molecular formula is C8H9F2NO4S. The van der Waals surface area contributed by atoms with Crippen molar-refractivity contribution in [1.29, 1.82) is 0 Å². The number of methoxy groups -OCH3 is 1. The Balaban J connectivity index is 2.97. The van der Waals surface area contributed by atoms with Gasteiger partial charge in [-0.2, -0.15) is 8.42 Å². The minimum Gasteiger partial charge on any atom is -0.497 e. The Morgan fingerprint density at radius 2 is 1.81 bits per heavy atom. The van der Waals surface area contributed by atoms with Gasteiger partial charge in [-0.05, 0) is 0 Å². The molecule has 0 radical (unpaired) electrons. The van der Waals surface area contributed by atoms with Gasteiger partial charge in [0, 0.05) is 12.1 Å². The molecule has 0 saturated carbocycles. The third-order valence-electron chi connectivity index (χ3n) is 1.72. The molecule has 0 atom stereocenters. The van der Waals surface area contributed by atoms with Crippen molar-refractivity contribution in [2.24, 2.45) is 5.14 Å². The third kappa shape index (κ3) is 3.40. The normalized spacial score (nSPS) is 11.5. The number of rotatable bonds is 4. The molecule has 5 nitrogen and oxygen atoms in total. The van der Waals surface area contributed by atoms with Crippen molar-refractivity contribution < 1.29 is 26.1 Å². The molecule has 0 heterocycles.